The highest BCUT2D eigenvalue weighted by atomic mass is 16.4. The summed E-state index contributed by atoms with van der Waals surface area (Å²) in [5.41, 5.74) is 16.7. The molecule has 0 aliphatic carbocycles. The van der Waals surface area contributed by atoms with Gasteiger partial charge in [-0.25, -0.2) is 9.78 Å². The van der Waals surface area contributed by atoms with E-state index in [2.05, 4.69) is 30.9 Å². The maximum absolute atomic E-state index is 12.5. The van der Waals surface area contributed by atoms with E-state index in [9.17, 15) is 29.1 Å². The van der Waals surface area contributed by atoms with Crippen LogP contribution in [0.25, 0.3) is 0 Å². The minimum atomic E-state index is -1.29. The molecule has 16 heteroatoms. The number of aliphatic imine (C=N–C) groups is 1. The van der Waals surface area contributed by atoms with Crippen LogP contribution in [0.15, 0.2) is 17.5 Å². The number of carbonyl (C=O) groups excluding carboxylic acids is 3. The van der Waals surface area contributed by atoms with Gasteiger partial charge in [-0.15, -0.1) is 0 Å². The zero-order valence-corrected chi connectivity index (χ0v) is 18.9. The molecule has 0 aliphatic rings. The molecule has 1 aromatic heterocycles. The molecule has 3 amide bonds. The number of carboxylic acids is 2. The van der Waals surface area contributed by atoms with Gasteiger partial charge in [-0.1, -0.05) is 0 Å². The first-order valence-corrected chi connectivity index (χ1v) is 10.6. The number of nitrogens with one attached hydrogen (secondary N) is 4. The fourth-order valence-corrected chi connectivity index (χ4v) is 2.82. The van der Waals surface area contributed by atoms with Gasteiger partial charge in [0.2, 0.25) is 17.7 Å². The molecule has 16 nitrogen and oxygen atoms in total. The highest BCUT2D eigenvalue weighted by Crippen LogP contribution is 2.02. The lowest BCUT2D eigenvalue weighted by Crippen LogP contribution is -2.53. The molecule has 194 valence electrons. The molecule has 3 atom stereocenters. The molecule has 12 N–H and O–H groups in total. The molecule has 0 fully saturated rings. The van der Waals surface area contributed by atoms with E-state index < -0.39 is 60.8 Å². The minimum absolute atomic E-state index is 0.0621. The highest BCUT2D eigenvalue weighted by Gasteiger charge is 2.26. The molecule has 0 radical (unpaired) electrons. The molecule has 1 rings (SSSR count). The number of hydrogen-bond acceptors (Lipinski definition) is 8. The third kappa shape index (κ3) is 12.0. The Morgan fingerprint density at radius 1 is 1.06 bits per heavy atom. The van der Waals surface area contributed by atoms with Crippen molar-refractivity contribution < 1.29 is 34.2 Å². The van der Waals surface area contributed by atoms with Gasteiger partial charge in [-0.05, 0) is 19.3 Å². The van der Waals surface area contributed by atoms with E-state index in [1.807, 2.05) is 0 Å². The van der Waals surface area contributed by atoms with Crippen molar-refractivity contribution in [3.05, 3.63) is 18.2 Å². The van der Waals surface area contributed by atoms with Crippen molar-refractivity contribution in [2.45, 2.75) is 50.2 Å². The second kappa shape index (κ2) is 14.8. The quantitative estimate of drug-likeness (QED) is 0.0610. The van der Waals surface area contributed by atoms with Gasteiger partial charge in [-0.2, -0.15) is 0 Å². The largest absolute Gasteiger partial charge is 0.481 e. The lowest BCUT2D eigenvalue weighted by Gasteiger charge is -2.20. The van der Waals surface area contributed by atoms with Crippen molar-refractivity contribution in [1.82, 2.24) is 25.9 Å². The van der Waals surface area contributed by atoms with Gasteiger partial charge in [-0.3, -0.25) is 24.2 Å². The maximum atomic E-state index is 12.5. The van der Waals surface area contributed by atoms with Crippen molar-refractivity contribution >= 4 is 35.6 Å². The summed E-state index contributed by atoms with van der Waals surface area (Å²) in [5.74, 6) is -4.92. The first kappa shape index (κ1) is 28.8. The van der Waals surface area contributed by atoms with Crippen LogP contribution in [0.3, 0.4) is 0 Å². The summed E-state index contributed by atoms with van der Waals surface area (Å²) in [6.07, 6.45) is 2.60. The molecule has 1 aromatic rings. The van der Waals surface area contributed by atoms with E-state index in [1.54, 1.807) is 0 Å². The number of rotatable bonds is 16. The smallest absolute Gasteiger partial charge is 0.326 e. The summed E-state index contributed by atoms with van der Waals surface area (Å²) in [4.78, 5) is 69.6. The van der Waals surface area contributed by atoms with Gasteiger partial charge in [0, 0.05) is 31.3 Å². The summed E-state index contributed by atoms with van der Waals surface area (Å²) in [5, 5.41) is 25.1. The van der Waals surface area contributed by atoms with Crippen LogP contribution in [-0.4, -0.2) is 87.0 Å². The Bertz CT molecular complexity index is 900. The fraction of sp³-hybridized carbons (Fsp3) is 0.526. The number of carbonyl (C=O) groups is 5. The molecule has 35 heavy (non-hydrogen) atoms. The van der Waals surface area contributed by atoms with Crippen LogP contribution in [-0.2, 0) is 30.4 Å². The third-order valence-corrected chi connectivity index (χ3v) is 4.62. The van der Waals surface area contributed by atoms with E-state index >= 15 is 0 Å². The Labute approximate surface area is 200 Å². The lowest BCUT2D eigenvalue weighted by atomic mass is 10.1. The van der Waals surface area contributed by atoms with Crippen molar-refractivity contribution in [1.29, 1.82) is 0 Å². The predicted octanol–water partition coefficient (Wildman–Crippen LogP) is -3.63. The van der Waals surface area contributed by atoms with E-state index in [0.29, 0.717) is 12.1 Å². The molecular weight excluding hydrogens is 466 g/mol. The number of aliphatic carboxylic acids is 2. The minimum Gasteiger partial charge on any atom is -0.481 e. The number of H-pyrrole nitrogens is 1. The van der Waals surface area contributed by atoms with Crippen LogP contribution in [0.4, 0.5) is 0 Å². The number of nitrogens with zero attached hydrogens (tertiary/aromatic N) is 2. The summed E-state index contributed by atoms with van der Waals surface area (Å²) < 4.78 is 0. The number of imidazole rings is 1. The number of guanidine groups is 1. The van der Waals surface area contributed by atoms with Crippen LogP contribution in [0.1, 0.15) is 31.4 Å². The SMILES string of the molecule is NC(N)=NCCCC(N)C(=O)NC(CCC(=O)O)C(=O)NCC(=O)NC(Cc1cnc[nH]1)C(=O)O. The fourth-order valence-electron chi connectivity index (χ4n) is 2.82. The van der Waals surface area contributed by atoms with Crippen molar-refractivity contribution in [2.75, 3.05) is 13.1 Å². The monoisotopic (exact) mass is 497 g/mol. The first-order chi connectivity index (χ1) is 16.5. The zero-order valence-electron chi connectivity index (χ0n) is 18.9. The molecule has 0 spiro atoms. The molecule has 0 aliphatic heterocycles. The molecule has 0 aromatic carbocycles. The van der Waals surface area contributed by atoms with Gasteiger partial charge < -0.3 is 48.3 Å². The third-order valence-electron chi connectivity index (χ3n) is 4.62. The zero-order chi connectivity index (χ0) is 26.4. The number of aromatic nitrogens is 2. The van der Waals surface area contributed by atoms with Crippen LogP contribution < -0.4 is 33.2 Å². The summed E-state index contributed by atoms with van der Waals surface area (Å²) >= 11 is 0. The average molecular weight is 498 g/mol. The summed E-state index contributed by atoms with van der Waals surface area (Å²) in [6.45, 7) is -0.353. The molecule has 3 unspecified atom stereocenters. The molecule has 1 heterocycles. The van der Waals surface area contributed by atoms with E-state index in [0.717, 1.165) is 0 Å². The van der Waals surface area contributed by atoms with E-state index in [4.69, 9.17) is 22.3 Å². The van der Waals surface area contributed by atoms with Gasteiger partial charge in [0.1, 0.15) is 12.1 Å². The van der Waals surface area contributed by atoms with Gasteiger partial charge in [0.15, 0.2) is 5.96 Å². The van der Waals surface area contributed by atoms with E-state index in [-0.39, 0.29) is 31.8 Å². The number of nitrogens with two attached hydrogens (primary N) is 3. The second-order valence-electron chi connectivity index (χ2n) is 7.51. The Balaban J connectivity index is 2.63. The van der Waals surface area contributed by atoms with Gasteiger partial charge in [0.05, 0.1) is 18.9 Å². The van der Waals surface area contributed by atoms with Crippen LogP contribution in [0.2, 0.25) is 0 Å². The Hall–Kier alpha value is -4.21. The Morgan fingerprint density at radius 2 is 1.77 bits per heavy atom. The van der Waals surface area contributed by atoms with Gasteiger partial charge in [0.25, 0.3) is 0 Å². The molecule has 0 saturated carbocycles. The van der Waals surface area contributed by atoms with Gasteiger partial charge >= 0.3 is 11.9 Å². The Morgan fingerprint density at radius 3 is 2.34 bits per heavy atom. The van der Waals surface area contributed by atoms with Crippen molar-refractivity contribution in [3.8, 4) is 0 Å². The summed E-state index contributed by atoms with van der Waals surface area (Å²) in [6, 6.07) is -3.57. The topological polar surface area (TPSA) is 281 Å². The highest BCUT2D eigenvalue weighted by molar-refractivity contribution is 5.92. The van der Waals surface area contributed by atoms with Crippen LogP contribution >= 0.6 is 0 Å². The molecular formula is C19H31N9O7. The second-order valence-corrected chi connectivity index (χ2v) is 7.51. The number of amides is 3. The first-order valence-electron chi connectivity index (χ1n) is 10.6. The summed E-state index contributed by atoms with van der Waals surface area (Å²) in [7, 11) is 0. The molecule has 0 saturated heterocycles. The van der Waals surface area contributed by atoms with Crippen LogP contribution in [0.5, 0.6) is 0 Å². The van der Waals surface area contributed by atoms with Crippen molar-refractivity contribution in [3.63, 3.8) is 0 Å². The lowest BCUT2D eigenvalue weighted by molar-refractivity contribution is -0.141. The standard InChI is InChI=1S/C19H31N9O7/c20-11(2-1-5-24-19(21)22)16(32)28-12(3-4-15(30)31)17(33)25-8-14(29)27-13(18(34)35)6-10-7-23-9-26-10/h7,9,11-13H,1-6,8,20H2,(H,23,26)(H,25,33)(H,27,29)(H,28,32)(H,30,31)(H,34,35)(H4,21,22,24). The van der Waals surface area contributed by atoms with Crippen LogP contribution in [0, 0.1) is 0 Å². The molecule has 0 bridgehead atoms. The number of aromatic amines is 1. The maximum Gasteiger partial charge on any atom is 0.326 e. The average Bonchev–Trinajstić information content (AvgIpc) is 3.29. The predicted molar refractivity (Wildman–Crippen MR) is 122 cm³/mol. The Kier molecular flexibility index (Phi) is 12.2. The van der Waals surface area contributed by atoms with Crippen molar-refractivity contribution in [2.24, 2.45) is 22.2 Å². The normalized spacial score (nSPS) is 13.1. The number of carboxylic acid groups (broad SMARTS) is 2. The van der Waals surface area contributed by atoms with E-state index in [1.165, 1.54) is 12.5 Å². The number of hydrogen-bond donors (Lipinski definition) is 9.